The van der Waals surface area contributed by atoms with Crippen LogP contribution in [0.4, 0.5) is 0 Å². The zero-order valence-electron chi connectivity index (χ0n) is 15.0. The van der Waals surface area contributed by atoms with Gasteiger partial charge in [0.2, 0.25) is 0 Å². The summed E-state index contributed by atoms with van der Waals surface area (Å²) in [5, 5.41) is 3.76. The molecule has 1 saturated carbocycles. The highest BCUT2D eigenvalue weighted by Gasteiger charge is 2.25. The monoisotopic (exact) mass is 297 g/mol. The summed E-state index contributed by atoms with van der Waals surface area (Å²) in [7, 11) is 0. The van der Waals surface area contributed by atoms with Crippen molar-refractivity contribution < 1.29 is 0 Å². The van der Waals surface area contributed by atoms with Crippen LogP contribution >= 0.6 is 0 Å². The number of nitrogens with zero attached hydrogens (tertiary/aromatic N) is 2. The van der Waals surface area contributed by atoms with Gasteiger partial charge in [0.15, 0.2) is 0 Å². The zero-order chi connectivity index (χ0) is 15.5. The Morgan fingerprint density at radius 2 is 1.48 bits per heavy atom. The van der Waals surface area contributed by atoms with Crippen LogP contribution in [0.15, 0.2) is 0 Å². The molecule has 0 spiro atoms. The molecule has 1 aliphatic carbocycles. The minimum atomic E-state index is 0.714. The number of hydrogen-bond donors (Lipinski definition) is 1. The largest absolute Gasteiger partial charge is 0.313 e. The molecule has 0 aromatic carbocycles. The maximum atomic E-state index is 3.76. The van der Waals surface area contributed by atoms with E-state index in [1.54, 1.807) is 0 Å². The van der Waals surface area contributed by atoms with Gasteiger partial charge in [0.05, 0.1) is 0 Å². The molecule has 3 nitrogen and oxygen atoms in total. The van der Waals surface area contributed by atoms with E-state index in [4.69, 9.17) is 0 Å². The van der Waals surface area contributed by atoms with E-state index >= 15 is 0 Å². The van der Waals surface area contributed by atoms with Crippen LogP contribution in [-0.2, 0) is 0 Å². The van der Waals surface area contributed by atoms with Crippen LogP contribution in [0.3, 0.4) is 0 Å². The molecule has 0 aromatic rings. The van der Waals surface area contributed by atoms with E-state index in [0.29, 0.717) is 6.04 Å². The lowest BCUT2D eigenvalue weighted by Crippen LogP contribution is -2.45. The normalized spacial score (nSPS) is 18.0. The topological polar surface area (TPSA) is 18.5 Å². The Morgan fingerprint density at radius 1 is 0.905 bits per heavy atom. The molecule has 3 heteroatoms. The summed E-state index contributed by atoms with van der Waals surface area (Å²) in [6, 6.07) is 0.714. The molecule has 1 fully saturated rings. The highest BCUT2D eigenvalue weighted by atomic mass is 15.2. The van der Waals surface area contributed by atoms with Gasteiger partial charge < -0.3 is 15.1 Å². The van der Waals surface area contributed by atoms with Gasteiger partial charge >= 0.3 is 0 Å². The van der Waals surface area contributed by atoms with Gasteiger partial charge in [-0.3, -0.25) is 0 Å². The summed E-state index contributed by atoms with van der Waals surface area (Å²) in [6.07, 6.45) is 7.07. The van der Waals surface area contributed by atoms with Gasteiger partial charge in [-0.25, -0.2) is 0 Å². The van der Waals surface area contributed by atoms with Gasteiger partial charge in [-0.1, -0.05) is 40.5 Å². The summed E-state index contributed by atoms with van der Waals surface area (Å²) < 4.78 is 0. The van der Waals surface area contributed by atoms with Gasteiger partial charge in [-0.15, -0.1) is 0 Å². The van der Waals surface area contributed by atoms with E-state index in [0.717, 1.165) is 12.5 Å². The molecular formula is C18H39N3. The molecule has 21 heavy (non-hydrogen) atoms. The van der Waals surface area contributed by atoms with E-state index in [2.05, 4.69) is 42.8 Å². The van der Waals surface area contributed by atoms with Crippen LogP contribution in [0.5, 0.6) is 0 Å². The molecule has 1 N–H and O–H groups in total. The van der Waals surface area contributed by atoms with Crippen LogP contribution in [0, 0.1) is 5.92 Å². The standard InChI is InChI=1S/C18H39N3/c1-5-19-18(17-12-9-10-13-17)16-21(8-4)15-11-14-20(6-2)7-3/h17-19H,5-16H2,1-4H3. The van der Waals surface area contributed by atoms with Crippen molar-refractivity contribution in [3.05, 3.63) is 0 Å². The second-order valence-corrected chi connectivity index (χ2v) is 6.48. The molecule has 1 aliphatic rings. The number of nitrogens with one attached hydrogen (secondary N) is 1. The third kappa shape index (κ3) is 7.12. The first-order valence-electron chi connectivity index (χ1n) is 9.43. The Balaban J connectivity index is 2.35. The average Bonchev–Trinajstić information content (AvgIpc) is 3.03. The Labute approximate surface area is 133 Å². The van der Waals surface area contributed by atoms with Crippen LogP contribution in [0.1, 0.15) is 59.8 Å². The van der Waals surface area contributed by atoms with E-state index in [1.807, 2.05) is 0 Å². The van der Waals surface area contributed by atoms with E-state index < -0.39 is 0 Å². The van der Waals surface area contributed by atoms with Crippen molar-refractivity contribution in [3.63, 3.8) is 0 Å². The summed E-state index contributed by atoms with van der Waals surface area (Å²) >= 11 is 0. The molecule has 0 aliphatic heterocycles. The fourth-order valence-electron chi connectivity index (χ4n) is 3.72. The Bertz CT molecular complexity index is 235. The predicted molar refractivity (Wildman–Crippen MR) is 93.9 cm³/mol. The second kappa shape index (κ2) is 11.4. The van der Waals surface area contributed by atoms with Crippen molar-refractivity contribution in [3.8, 4) is 0 Å². The van der Waals surface area contributed by atoms with Gasteiger partial charge in [0.25, 0.3) is 0 Å². The molecule has 0 aromatic heterocycles. The summed E-state index contributed by atoms with van der Waals surface area (Å²) in [5.74, 6) is 0.918. The highest BCUT2D eigenvalue weighted by Crippen LogP contribution is 2.28. The third-order valence-corrected chi connectivity index (χ3v) is 5.18. The lowest BCUT2D eigenvalue weighted by molar-refractivity contribution is 0.201. The lowest BCUT2D eigenvalue weighted by Gasteiger charge is -2.31. The molecular weight excluding hydrogens is 258 g/mol. The van der Waals surface area contributed by atoms with Gasteiger partial charge in [-0.05, 0) is 64.4 Å². The zero-order valence-corrected chi connectivity index (χ0v) is 15.0. The molecule has 126 valence electrons. The fraction of sp³-hybridized carbons (Fsp3) is 1.00. The third-order valence-electron chi connectivity index (χ3n) is 5.18. The lowest BCUT2D eigenvalue weighted by atomic mass is 9.97. The fourth-order valence-corrected chi connectivity index (χ4v) is 3.72. The number of rotatable bonds is 12. The highest BCUT2D eigenvalue weighted by molar-refractivity contribution is 4.83. The molecule has 1 unspecified atom stereocenters. The Hall–Kier alpha value is -0.120. The van der Waals surface area contributed by atoms with Crippen molar-refractivity contribution in [1.82, 2.24) is 15.1 Å². The SMILES string of the molecule is CCNC(CN(CC)CCCN(CC)CC)C1CCCC1. The summed E-state index contributed by atoms with van der Waals surface area (Å²) in [4.78, 5) is 5.20. The van der Waals surface area contributed by atoms with Gasteiger partial charge in [-0.2, -0.15) is 0 Å². The first-order chi connectivity index (χ1) is 10.2. The molecule has 1 rings (SSSR count). The Morgan fingerprint density at radius 3 is 2.00 bits per heavy atom. The van der Waals surface area contributed by atoms with Crippen LogP contribution in [0.2, 0.25) is 0 Å². The summed E-state index contributed by atoms with van der Waals surface area (Å²) in [6.45, 7) is 17.5. The van der Waals surface area contributed by atoms with E-state index in [1.165, 1.54) is 71.4 Å². The average molecular weight is 298 g/mol. The second-order valence-electron chi connectivity index (χ2n) is 6.48. The van der Waals surface area contributed by atoms with Crippen molar-refractivity contribution in [1.29, 1.82) is 0 Å². The smallest absolute Gasteiger partial charge is 0.0223 e. The number of hydrogen-bond acceptors (Lipinski definition) is 3. The molecule has 0 amide bonds. The van der Waals surface area contributed by atoms with Crippen molar-refractivity contribution in [2.75, 3.05) is 45.8 Å². The molecule has 0 heterocycles. The molecule has 0 saturated heterocycles. The van der Waals surface area contributed by atoms with E-state index in [-0.39, 0.29) is 0 Å². The molecule has 1 atom stereocenters. The molecule has 0 bridgehead atoms. The minimum Gasteiger partial charge on any atom is -0.313 e. The van der Waals surface area contributed by atoms with Crippen LogP contribution in [0.25, 0.3) is 0 Å². The quantitative estimate of drug-likeness (QED) is 0.597. The number of likely N-dealkylation sites (N-methyl/N-ethyl adjacent to an activating group) is 2. The van der Waals surface area contributed by atoms with E-state index in [9.17, 15) is 0 Å². The maximum Gasteiger partial charge on any atom is 0.0223 e. The minimum absolute atomic E-state index is 0.714. The van der Waals surface area contributed by atoms with Crippen molar-refractivity contribution in [2.45, 2.75) is 65.8 Å². The van der Waals surface area contributed by atoms with Crippen molar-refractivity contribution >= 4 is 0 Å². The predicted octanol–water partition coefficient (Wildman–Crippen LogP) is 3.21. The van der Waals surface area contributed by atoms with Crippen LogP contribution in [-0.4, -0.2) is 61.7 Å². The van der Waals surface area contributed by atoms with Crippen molar-refractivity contribution in [2.24, 2.45) is 5.92 Å². The van der Waals surface area contributed by atoms with Gasteiger partial charge in [0.1, 0.15) is 0 Å². The first-order valence-corrected chi connectivity index (χ1v) is 9.43. The summed E-state index contributed by atoms with van der Waals surface area (Å²) in [5.41, 5.74) is 0. The van der Waals surface area contributed by atoms with Crippen LogP contribution < -0.4 is 5.32 Å². The first kappa shape index (κ1) is 18.9. The molecule has 0 radical (unpaired) electrons. The Kier molecular flexibility index (Phi) is 10.3. The maximum absolute atomic E-state index is 3.76. The van der Waals surface area contributed by atoms with Gasteiger partial charge in [0, 0.05) is 12.6 Å².